The van der Waals surface area contributed by atoms with E-state index in [1.165, 1.54) is 44.1 Å². The Morgan fingerprint density at radius 1 is 1.05 bits per heavy atom. The SMILES string of the molecule is NC(=NCC1(c2ccccc2)CCC1)N1CCCCC1. The van der Waals surface area contributed by atoms with E-state index >= 15 is 0 Å². The minimum Gasteiger partial charge on any atom is -0.370 e. The number of rotatable bonds is 3. The standard InChI is InChI=1S/C17H25N3/c18-16(20-12-5-2-6-13-20)19-14-17(10-7-11-17)15-8-3-1-4-9-15/h1,3-4,8-9H,2,5-7,10-14H2,(H2,18,19). The van der Waals surface area contributed by atoms with E-state index in [1.54, 1.807) is 0 Å². The normalized spacial score (nSPS) is 22.4. The molecule has 0 radical (unpaired) electrons. The lowest BCUT2D eigenvalue weighted by Gasteiger charge is -2.41. The molecule has 0 aromatic heterocycles. The number of guanidine groups is 1. The van der Waals surface area contributed by atoms with E-state index in [4.69, 9.17) is 10.7 Å². The van der Waals surface area contributed by atoms with E-state index in [0.717, 1.165) is 25.6 Å². The number of hydrogen-bond acceptors (Lipinski definition) is 1. The molecule has 1 saturated carbocycles. The van der Waals surface area contributed by atoms with E-state index in [1.807, 2.05) is 0 Å². The summed E-state index contributed by atoms with van der Waals surface area (Å²) in [5.74, 6) is 0.756. The zero-order valence-electron chi connectivity index (χ0n) is 12.2. The number of hydrogen-bond donors (Lipinski definition) is 1. The van der Waals surface area contributed by atoms with Gasteiger partial charge in [0.2, 0.25) is 0 Å². The van der Waals surface area contributed by atoms with Gasteiger partial charge in [0.1, 0.15) is 0 Å². The molecular weight excluding hydrogens is 246 g/mol. The lowest BCUT2D eigenvalue weighted by molar-refractivity contribution is 0.251. The molecular formula is C17H25N3. The molecule has 1 aromatic rings. The highest BCUT2D eigenvalue weighted by Crippen LogP contribution is 2.43. The number of nitrogens with zero attached hydrogens (tertiary/aromatic N) is 2. The average Bonchev–Trinajstić information content (AvgIpc) is 2.48. The minimum absolute atomic E-state index is 0.252. The first kappa shape index (κ1) is 13.5. The number of aliphatic imine (C=N–C) groups is 1. The monoisotopic (exact) mass is 271 g/mol. The molecule has 1 saturated heterocycles. The molecule has 108 valence electrons. The Morgan fingerprint density at radius 2 is 1.75 bits per heavy atom. The van der Waals surface area contributed by atoms with E-state index < -0.39 is 0 Å². The van der Waals surface area contributed by atoms with Gasteiger partial charge in [0.25, 0.3) is 0 Å². The maximum atomic E-state index is 6.19. The van der Waals surface area contributed by atoms with Crippen LogP contribution < -0.4 is 5.73 Å². The molecule has 2 aliphatic rings. The van der Waals surface area contributed by atoms with E-state index in [2.05, 4.69) is 35.2 Å². The summed E-state index contributed by atoms with van der Waals surface area (Å²) in [6.07, 6.45) is 7.63. The van der Waals surface area contributed by atoms with Gasteiger partial charge in [0.15, 0.2) is 5.96 Å². The van der Waals surface area contributed by atoms with Gasteiger partial charge in [-0.3, -0.25) is 4.99 Å². The quantitative estimate of drug-likeness (QED) is 0.678. The second-order valence-corrected chi connectivity index (χ2v) is 6.22. The van der Waals surface area contributed by atoms with Gasteiger partial charge >= 0.3 is 0 Å². The third kappa shape index (κ3) is 2.67. The average molecular weight is 271 g/mol. The Bertz CT molecular complexity index is 456. The molecule has 0 unspecified atom stereocenters. The minimum atomic E-state index is 0.252. The van der Waals surface area contributed by atoms with Crippen LogP contribution in [-0.2, 0) is 5.41 Å². The highest BCUT2D eigenvalue weighted by atomic mass is 15.3. The van der Waals surface area contributed by atoms with Crippen LogP contribution in [0.4, 0.5) is 0 Å². The summed E-state index contributed by atoms with van der Waals surface area (Å²) in [7, 11) is 0. The highest BCUT2D eigenvalue weighted by Gasteiger charge is 2.38. The molecule has 1 aromatic carbocycles. The fourth-order valence-electron chi connectivity index (χ4n) is 3.39. The lowest BCUT2D eigenvalue weighted by Crippen LogP contribution is -2.43. The van der Waals surface area contributed by atoms with Gasteiger partial charge in [-0.2, -0.15) is 0 Å². The van der Waals surface area contributed by atoms with Crippen LogP contribution in [0.5, 0.6) is 0 Å². The Hall–Kier alpha value is -1.51. The van der Waals surface area contributed by atoms with Crippen LogP contribution >= 0.6 is 0 Å². The van der Waals surface area contributed by atoms with Crippen molar-refractivity contribution in [1.29, 1.82) is 0 Å². The summed E-state index contributed by atoms with van der Waals surface area (Å²) in [5, 5.41) is 0. The van der Waals surface area contributed by atoms with Crippen molar-refractivity contribution in [2.45, 2.75) is 43.9 Å². The second kappa shape index (κ2) is 5.86. The largest absolute Gasteiger partial charge is 0.370 e. The lowest BCUT2D eigenvalue weighted by atomic mass is 9.64. The predicted octanol–water partition coefficient (Wildman–Crippen LogP) is 2.91. The van der Waals surface area contributed by atoms with Gasteiger partial charge < -0.3 is 10.6 Å². The predicted molar refractivity (Wildman–Crippen MR) is 83.9 cm³/mol. The van der Waals surface area contributed by atoms with E-state index in [0.29, 0.717) is 0 Å². The highest BCUT2D eigenvalue weighted by molar-refractivity contribution is 5.78. The van der Waals surface area contributed by atoms with Crippen LogP contribution in [0.1, 0.15) is 44.1 Å². The molecule has 0 bridgehead atoms. The summed E-state index contributed by atoms with van der Waals surface area (Å²) in [6, 6.07) is 10.8. The zero-order chi connectivity index (χ0) is 13.8. The molecule has 0 atom stereocenters. The number of nitrogens with two attached hydrogens (primary N) is 1. The van der Waals surface area contributed by atoms with Gasteiger partial charge in [-0.1, -0.05) is 36.8 Å². The van der Waals surface area contributed by atoms with Crippen molar-refractivity contribution in [1.82, 2.24) is 4.90 Å². The summed E-state index contributed by atoms with van der Waals surface area (Å²) in [5.41, 5.74) is 7.87. The van der Waals surface area contributed by atoms with Crippen LogP contribution in [0, 0.1) is 0 Å². The maximum absolute atomic E-state index is 6.19. The molecule has 3 nitrogen and oxygen atoms in total. The molecule has 3 heteroatoms. The maximum Gasteiger partial charge on any atom is 0.191 e. The van der Waals surface area contributed by atoms with Crippen molar-refractivity contribution in [2.75, 3.05) is 19.6 Å². The van der Waals surface area contributed by atoms with Gasteiger partial charge in [0, 0.05) is 18.5 Å². The Labute approximate surface area is 121 Å². The fourth-order valence-corrected chi connectivity index (χ4v) is 3.39. The Morgan fingerprint density at radius 3 is 2.35 bits per heavy atom. The Kier molecular flexibility index (Phi) is 3.95. The Balaban J connectivity index is 1.69. The van der Waals surface area contributed by atoms with Crippen LogP contribution in [0.3, 0.4) is 0 Å². The summed E-state index contributed by atoms with van der Waals surface area (Å²) in [4.78, 5) is 6.99. The molecule has 0 spiro atoms. The molecule has 1 heterocycles. The van der Waals surface area contributed by atoms with E-state index in [9.17, 15) is 0 Å². The molecule has 2 N–H and O–H groups in total. The molecule has 1 aliphatic carbocycles. The molecule has 0 amide bonds. The smallest absolute Gasteiger partial charge is 0.191 e. The fraction of sp³-hybridized carbons (Fsp3) is 0.588. The number of piperidine rings is 1. The first-order valence-corrected chi connectivity index (χ1v) is 7.91. The van der Waals surface area contributed by atoms with Crippen LogP contribution in [0.25, 0.3) is 0 Å². The van der Waals surface area contributed by atoms with Crippen molar-refractivity contribution in [3.05, 3.63) is 35.9 Å². The first-order chi connectivity index (χ1) is 9.80. The molecule has 3 rings (SSSR count). The number of likely N-dealkylation sites (tertiary alicyclic amines) is 1. The van der Waals surface area contributed by atoms with Crippen LogP contribution in [0.15, 0.2) is 35.3 Å². The van der Waals surface area contributed by atoms with E-state index in [-0.39, 0.29) is 5.41 Å². The third-order valence-corrected chi connectivity index (χ3v) is 4.92. The van der Waals surface area contributed by atoms with Crippen molar-refractivity contribution in [3.63, 3.8) is 0 Å². The second-order valence-electron chi connectivity index (χ2n) is 6.22. The molecule has 20 heavy (non-hydrogen) atoms. The van der Waals surface area contributed by atoms with Gasteiger partial charge in [0.05, 0.1) is 6.54 Å². The summed E-state index contributed by atoms with van der Waals surface area (Å²) in [6.45, 7) is 3.00. The van der Waals surface area contributed by atoms with Gasteiger partial charge in [-0.25, -0.2) is 0 Å². The summed E-state index contributed by atoms with van der Waals surface area (Å²) < 4.78 is 0. The van der Waals surface area contributed by atoms with Crippen molar-refractivity contribution in [3.8, 4) is 0 Å². The third-order valence-electron chi connectivity index (χ3n) is 4.92. The number of benzene rings is 1. The van der Waals surface area contributed by atoms with Crippen LogP contribution in [0.2, 0.25) is 0 Å². The van der Waals surface area contributed by atoms with Gasteiger partial charge in [-0.05, 0) is 37.7 Å². The van der Waals surface area contributed by atoms with Gasteiger partial charge in [-0.15, -0.1) is 0 Å². The van der Waals surface area contributed by atoms with Crippen LogP contribution in [-0.4, -0.2) is 30.5 Å². The van der Waals surface area contributed by atoms with Crippen molar-refractivity contribution in [2.24, 2.45) is 10.7 Å². The van der Waals surface area contributed by atoms with Crippen molar-refractivity contribution < 1.29 is 0 Å². The summed E-state index contributed by atoms with van der Waals surface area (Å²) >= 11 is 0. The molecule has 2 fully saturated rings. The van der Waals surface area contributed by atoms with Crippen molar-refractivity contribution >= 4 is 5.96 Å². The molecule has 1 aliphatic heterocycles. The topological polar surface area (TPSA) is 41.6 Å². The zero-order valence-corrected chi connectivity index (χ0v) is 12.2. The first-order valence-electron chi connectivity index (χ1n) is 7.91.